The van der Waals surface area contributed by atoms with Gasteiger partial charge in [-0.3, -0.25) is 4.90 Å². The number of nitrogens with one attached hydrogen (secondary N) is 1. The van der Waals surface area contributed by atoms with Gasteiger partial charge in [-0.25, -0.2) is 0 Å². The Kier molecular flexibility index (Phi) is 4.22. The van der Waals surface area contributed by atoms with Gasteiger partial charge in [-0.2, -0.15) is 0 Å². The standard InChI is InChI=1S/C13H27N3/c1-11-5-4-6-13(11)14-9-12-10-15(2)7-8-16(12)3/h11-14H,4-10H2,1-3H3. The zero-order valence-electron chi connectivity index (χ0n) is 11.1. The highest BCUT2D eigenvalue weighted by atomic mass is 15.3. The number of likely N-dealkylation sites (N-methyl/N-ethyl adjacent to an activating group) is 2. The van der Waals surface area contributed by atoms with Gasteiger partial charge in [0.05, 0.1) is 0 Å². The Labute approximate surface area is 100 Å². The summed E-state index contributed by atoms with van der Waals surface area (Å²) >= 11 is 0. The summed E-state index contributed by atoms with van der Waals surface area (Å²) in [6.45, 7) is 7.19. The van der Waals surface area contributed by atoms with Crippen molar-refractivity contribution in [3.63, 3.8) is 0 Å². The maximum absolute atomic E-state index is 3.78. The predicted octanol–water partition coefficient (Wildman–Crippen LogP) is 1.01. The second-order valence-corrected chi connectivity index (χ2v) is 5.82. The summed E-state index contributed by atoms with van der Waals surface area (Å²) < 4.78 is 0. The molecule has 0 bridgehead atoms. The fourth-order valence-corrected chi connectivity index (χ4v) is 3.06. The molecule has 1 aliphatic heterocycles. The van der Waals surface area contributed by atoms with Crippen LogP contribution in [-0.2, 0) is 0 Å². The average Bonchev–Trinajstić information content (AvgIpc) is 2.66. The lowest BCUT2D eigenvalue weighted by Gasteiger charge is -2.38. The molecule has 1 N–H and O–H groups in total. The largest absolute Gasteiger partial charge is 0.312 e. The molecule has 0 aromatic rings. The first-order chi connectivity index (χ1) is 7.66. The fourth-order valence-electron chi connectivity index (χ4n) is 3.06. The topological polar surface area (TPSA) is 18.5 Å². The maximum Gasteiger partial charge on any atom is 0.0345 e. The Bertz CT molecular complexity index is 219. The van der Waals surface area contributed by atoms with Gasteiger partial charge < -0.3 is 10.2 Å². The monoisotopic (exact) mass is 225 g/mol. The molecule has 0 spiro atoms. The van der Waals surface area contributed by atoms with Gasteiger partial charge in [0, 0.05) is 38.3 Å². The van der Waals surface area contributed by atoms with Gasteiger partial charge in [-0.05, 0) is 32.9 Å². The Hall–Kier alpha value is -0.120. The first-order valence-corrected chi connectivity index (χ1v) is 6.79. The van der Waals surface area contributed by atoms with Crippen molar-refractivity contribution in [3.8, 4) is 0 Å². The van der Waals surface area contributed by atoms with E-state index in [1.807, 2.05) is 0 Å². The van der Waals surface area contributed by atoms with E-state index in [4.69, 9.17) is 0 Å². The molecule has 1 aliphatic carbocycles. The van der Waals surface area contributed by atoms with E-state index in [1.165, 1.54) is 38.9 Å². The van der Waals surface area contributed by atoms with Gasteiger partial charge in [0.2, 0.25) is 0 Å². The summed E-state index contributed by atoms with van der Waals surface area (Å²) in [5, 5.41) is 3.78. The van der Waals surface area contributed by atoms with E-state index in [2.05, 4.69) is 36.1 Å². The third-order valence-electron chi connectivity index (χ3n) is 4.46. The van der Waals surface area contributed by atoms with Crippen LogP contribution >= 0.6 is 0 Å². The van der Waals surface area contributed by atoms with E-state index in [0.29, 0.717) is 6.04 Å². The van der Waals surface area contributed by atoms with Crippen molar-refractivity contribution in [2.24, 2.45) is 5.92 Å². The molecule has 1 saturated heterocycles. The molecule has 2 rings (SSSR count). The molecule has 2 aliphatic rings. The zero-order chi connectivity index (χ0) is 11.5. The van der Waals surface area contributed by atoms with E-state index in [9.17, 15) is 0 Å². The molecule has 1 saturated carbocycles. The predicted molar refractivity (Wildman–Crippen MR) is 68.7 cm³/mol. The molecule has 1 heterocycles. The van der Waals surface area contributed by atoms with Crippen molar-refractivity contribution in [3.05, 3.63) is 0 Å². The molecule has 0 aromatic carbocycles. The molecule has 3 unspecified atom stereocenters. The van der Waals surface area contributed by atoms with E-state index >= 15 is 0 Å². The van der Waals surface area contributed by atoms with Crippen LogP contribution in [0, 0.1) is 5.92 Å². The van der Waals surface area contributed by atoms with Crippen LogP contribution in [0.4, 0.5) is 0 Å². The first kappa shape index (κ1) is 12.3. The van der Waals surface area contributed by atoms with Crippen molar-refractivity contribution in [2.45, 2.75) is 38.3 Å². The van der Waals surface area contributed by atoms with Gasteiger partial charge >= 0.3 is 0 Å². The minimum atomic E-state index is 0.701. The number of nitrogens with zero attached hydrogens (tertiary/aromatic N) is 2. The van der Waals surface area contributed by atoms with Crippen molar-refractivity contribution in [1.29, 1.82) is 0 Å². The van der Waals surface area contributed by atoms with Crippen LogP contribution in [0.5, 0.6) is 0 Å². The van der Waals surface area contributed by atoms with E-state index < -0.39 is 0 Å². The average molecular weight is 225 g/mol. The Morgan fingerprint density at radius 3 is 2.69 bits per heavy atom. The molecule has 0 aromatic heterocycles. The molecule has 0 amide bonds. The SMILES string of the molecule is CC1CCCC1NCC1CN(C)CCN1C. The lowest BCUT2D eigenvalue weighted by atomic mass is 10.1. The van der Waals surface area contributed by atoms with Gasteiger partial charge in [0.15, 0.2) is 0 Å². The number of piperazine rings is 1. The van der Waals surface area contributed by atoms with Gasteiger partial charge in [-0.15, -0.1) is 0 Å². The zero-order valence-corrected chi connectivity index (χ0v) is 11.1. The van der Waals surface area contributed by atoms with Crippen molar-refractivity contribution in [1.82, 2.24) is 15.1 Å². The van der Waals surface area contributed by atoms with E-state index in [-0.39, 0.29) is 0 Å². The number of hydrogen-bond donors (Lipinski definition) is 1. The molecule has 0 radical (unpaired) electrons. The summed E-state index contributed by atoms with van der Waals surface area (Å²) in [5.74, 6) is 0.881. The highest BCUT2D eigenvalue weighted by Gasteiger charge is 2.26. The minimum Gasteiger partial charge on any atom is -0.312 e. The Morgan fingerprint density at radius 2 is 2.00 bits per heavy atom. The summed E-state index contributed by atoms with van der Waals surface area (Å²) in [7, 11) is 4.50. The second kappa shape index (κ2) is 5.48. The normalized spacial score (nSPS) is 38.1. The first-order valence-electron chi connectivity index (χ1n) is 6.79. The van der Waals surface area contributed by atoms with E-state index in [1.54, 1.807) is 0 Å². The molecule has 3 atom stereocenters. The summed E-state index contributed by atoms with van der Waals surface area (Å²) in [4.78, 5) is 4.96. The fraction of sp³-hybridized carbons (Fsp3) is 1.00. The van der Waals surface area contributed by atoms with Gasteiger partial charge in [-0.1, -0.05) is 13.3 Å². The number of hydrogen-bond acceptors (Lipinski definition) is 3. The number of rotatable bonds is 3. The van der Waals surface area contributed by atoms with Crippen molar-refractivity contribution < 1.29 is 0 Å². The molecule has 3 heteroatoms. The Morgan fingerprint density at radius 1 is 1.19 bits per heavy atom. The quantitative estimate of drug-likeness (QED) is 0.773. The highest BCUT2D eigenvalue weighted by Crippen LogP contribution is 2.24. The summed E-state index contributed by atoms with van der Waals surface area (Å²) in [6.07, 6.45) is 4.21. The summed E-state index contributed by atoms with van der Waals surface area (Å²) in [5.41, 5.74) is 0. The molecule has 94 valence electrons. The van der Waals surface area contributed by atoms with Crippen LogP contribution in [0.3, 0.4) is 0 Å². The van der Waals surface area contributed by atoms with Crippen LogP contribution in [0.25, 0.3) is 0 Å². The molecular weight excluding hydrogens is 198 g/mol. The molecular formula is C13H27N3. The molecule has 3 nitrogen and oxygen atoms in total. The van der Waals surface area contributed by atoms with Crippen LogP contribution in [-0.4, -0.2) is 62.2 Å². The van der Waals surface area contributed by atoms with E-state index in [0.717, 1.165) is 18.5 Å². The third-order valence-corrected chi connectivity index (χ3v) is 4.46. The second-order valence-electron chi connectivity index (χ2n) is 5.82. The molecule has 2 fully saturated rings. The maximum atomic E-state index is 3.78. The third kappa shape index (κ3) is 2.96. The van der Waals surface area contributed by atoms with Crippen LogP contribution < -0.4 is 5.32 Å². The van der Waals surface area contributed by atoms with Crippen LogP contribution in [0.15, 0.2) is 0 Å². The lowest BCUT2D eigenvalue weighted by molar-refractivity contribution is 0.110. The minimum absolute atomic E-state index is 0.701. The highest BCUT2D eigenvalue weighted by molar-refractivity contribution is 4.85. The van der Waals surface area contributed by atoms with Crippen molar-refractivity contribution >= 4 is 0 Å². The van der Waals surface area contributed by atoms with Crippen LogP contribution in [0.2, 0.25) is 0 Å². The van der Waals surface area contributed by atoms with Gasteiger partial charge in [0.25, 0.3) is 0 Å². The van der Waals surface area contributed by atoms with Crippen molar-refractivity contribution in [2.75, 3.05) is 40.3 Å². The summed E-state index contributed by atoms with van der Waals surface area (Å²) in [6, 6.07) is 1.48. The molecule has 16 heavy (non-hydrogen) atoms. The Balaban J connectivity index is 1.75. The smallest absolute Gasteiger partial charge is 0.0345 e. The van der Waals surface area contributed by atoms with Crippen LogP contribution in [0.1, 0.15) is 26.2 Å². The lowest BCUT2D eigenvalue weighted by Crippen LogP contribution is -2.55. The van der Waals surface area contributed by atoms with Gasteiger partial charge in [0.1, 0.15) is 0 Å².